The summed E-state index contributed by atoms with van der Waals surface area (Å²) >= 11 is 5.56. The van der Waals surface area contributed by atoms with Gasteiger partial charge in [0.15, 0.2) is 0 Å². The van der Waals surface area contributed by atoms with Gasteiger partial charge >= 0.3 is 0 Å². The molecular formula is C15H11ClF2N2O. The molecule has 2 N–H and O–H groups in total. The standard InChI is InChI=1S/C15H11ClF2N2O/c16-11-3-2-10(6-12(11)17)15(21)8-20-14-4-1-9(7-19)5-13(14)18/h1-6,15,20-21H,8H2. The summed E-state index contributed by atoms with van der Waals surface area (Å²) in [5, 5.41) is 21.3. The van der Waals surface area contributed by atoms with E-state index in [1.54, 1.807) is 0 Å². The number of halogens is 3. The van der Waals surface area contributed by atoms with Gasteiger partial charge in [0.2, 0.25) is 0 Å². The number of aliphatic hydroxyl groups excluding tert-OH is 1. The molecule has 0 aliphatic carbocycles. The van der Waals surface area contributed by atoms with Crippen LogP contribution < -0.4 is 5.32 Å². The molecule has 0 heterocycles. The van der Waals surface area contributed by atoms with Crippen LogP contribution in [0.15, 0.2) is 36.4 Å². The third kappa shape index (κ3) is 3.69. The number of nitrogens with zero attached hydrogens (tertiary/aromatic N) is 1. The van der Waals surface area contributed by atoms with E-state index in [4.69, 9.17) is 16.9 Å². The van der Waals surface area contributed by atoms with Crippen LogP contribution in [0.2, 0.25) is 5.02 Å². The Bertz CT molecular complexity index is 701. The van der Waals surface area contributed by atoms with Crippen LogP contribution in [-0.2, 0) is 0 Å². The average molecular weight is 309 g/mol. The molecule has 6 heteroatoms. The van der Waals surface area contributed by atoms with Crippen molar-refractivity contribution in [1.29, 1.82) is 5.26 Å². The van der Waals surface area contributed by atoms with Gasteiger partial charge in [-0.3, -0.25) is 0 Å². The first kappa shape index (κ1) is 15.2. The molecule has 2 rings (SSSR count). The van der Waals surface area contributed by atoms with Crippen LogP contribution in [0.3, 0.4) is 0 Å². The number of anilines is 1. The molecule has 0 bridgehead atoms. The van der Waals surface area contributed by atoms with E-state index in [0.29, 0.717) is 5.56 Å². The van der Waals surface area contributed by atoms with Gasteiger partial charge in [-0.25, -0.2) is 8.78 Å². The molecule has 0 spiro atoms. The van der Waals surface area contributed by atoms with Crippen LogP contribution in [0.25, 0.3) is 0 Å². The van der Waals surface area contributed by atoms with Crippen LogP contribution in [0.4, 0.5) is 14.5 Å². The quantitative estimate of drug-likeness (QED) is 0.906. The molecule has 2 aromatic carbocycles. The van der Waals surface area contributed by atoms with Gasteiger partial charge in [0, 0.05) is 6.54 Å². The van der Waals surface area contributed by atoms with E-state index in [2.05, 4.69) is 5.32 Å². The summed E-state index contributed by atoms with van der Waals surface area (Å²) in [5.41, 5.74) is 0.694. The maximum atomic E-state index is 13.6. The predicted octanol–water partition coefficient (Wildman–Crippen LogP) is 3.64. The van der Waals surface area contributed by atoms with Crippen molar-refractivity contribution in [2.24, 2.45) is 0 Å². The summed E-state index contributed by atoms with van der Waals surface area (Å²) in [5.74, 6) is -1.22. The Labute approximate surface area is 125 Å². The van der Waals surface area contributed by atoms with Gasteiger partial charge in [-0.05, 0) is 35.9 Å². The molecule has 0 radical (unpaired) electrons. The number of hydrogen-bond donors (Lipinski definition) is 2. The Kier molecular flexibility index (Phi) is 4.73. The third-order valence-corrected chi connectivity index (χ3v) is 3.22. The molecular weight excluding hydrogens is 298 g/mol. The van der Waals surface area contributed by atoms with Gasteiger partial charge in [0.05, 0.1) is 28.4 Å². The lowest BCUT2D eigenvalue weighted by Gasteiger charge is -2.14. The largest absolute Gasteiger partial charge is 0.387 e. The first-order valence-electron chi connectivity index (χ1n) is 6.08. The Morgan fingerprint density at radius 3 is 2.57 bits per heavy atom. The highest BCUT2D eigenvalue weighted by molar-refractivity contribution is 6.30. The van der Waals surface area contributed by atoms with Crippen molar-refractivity contribution < 1.29 is 13.9 Å². The van der Waals surface area contributed by atoms with Crippen molar-refractivity contribution >= 4 is 17.3 Å². The minimum absolute atomic E-state index is 0.0100. The minimum atomic E-state index is -1.02. The summed E-state index contributed by atoms with van der Waals surface area (Å²) in [6, 6.07) is 9.75. The summed E-state index contributed by atoms with van der Waals surface area (Å²) in [4.78, 5) is 0. The first-order chi connectivity index (χ1) is 10.0. The smallest absolute Gasteiger partial charge is 0.147 e. The van der Waals surface area contributed by atoms with Crippen molar-refractivity contribution in [2.45, 2.75) is 6.10 Å². The van der Waals surface area contributed by atoms with Crippen molar-refractivity contribution in [1.82, 2.24) is 0 Å². The van der Waals surface area contributed by atoms with E-state index >= 15 is 0 Å². The molecule has 0 aliphatic heterocycles. The van der Waals surface area contributed by atoms with Gasteiger partial charge < -0.3 is 10.4 Å². The van der Waals surface area contributed by atoms with E-state index in [9.17, 15) is 13.9 Å². The summed E-state index contributed by atoms with van der Waals surface area (Å²) in [7, 11) is 0. The molecule has 108 valence electrons. The molecule has 0 saturated carbocycles. The third-order valence-electron chi connectivity index (χ3n) is 2.91. The van der Waals surface area contributed by atoms with E-state index < -0.39 is 17.7 Å². The summed E-state index contributed by atoms with van der Waals surface area (Å²) in [6.45, 7) is -0.0100. The topological polar surface area (TPSA) is 56.0 Å². The van der Waals surface area contributed by atoms with Crippen LogP contribution in [-0.4, -0.2) is 11.7 Å². The van der Waals surface area contributed by atoms with Crippen LogP contribution in [0.5, 0.6) is 0 Å². The normalized spacial score (nSPS) is 11.8. The molecule has 0 fully saturated rings. The van der Waals surface area contributed by atoms with Crippen molar-refractivity contribution in [3.8, 4) is 6.07 Å². The lowest BCUT2D eigenvalue weighted by atomic mass is 10.1. The zero-order valence-corrected chi connectivity index (χ0v) is 11.5. The van der Waals surface area contributed by atoms with Crippen molar-refractivity contribution in [3.05, 3.63) is 64.2 Å². The maximum absolute atomic E-state index is 13.6. The minimum Gasteiger partial charge on any atom is -0.387 e. The van der Waals surface area contributed by atoms with Gasteiger partial charge in [0.1, 0.15) is 11.6 Å². The zero-order chi connectivity index (χ0) is 15.4. The Balaban J connectivity index is 2.05. The summed E-state index contributed by atoms with van der Waals surface area (Å²) < 4.78 is 26.9. The molecule has 0 amide bonds. The number of benzene rings is 2. The van der Waals surface area contributed by atoms with Crippen molar-refractivity contribution in [3.63, 3.8) is 0 Å². The second kappa shape index (κ2) is 6.53. The monoisotopic (exact) mass is 308 g/mol. The zero-order valence-electron chi connectivity index (χ0n) is 10.8. The Hall–Kier alpha value is -2.16. The number of nitrogens with one attached hydrogen (secondary N) is 1. The first-order valence-corrected chi connectivity index (χ1v) is 6.45. The second-order valence-electron chi connectivity index (χ2n) is 4.38. The number of rotatable bonds is 4. The maximum Gasteiger partial charge on any atom is 0.147 e. The van der Waals surface area contributed by atoms with Crippen LogP contribution >= 0.6 is 11.6 Å². The fraction of sp³-hybridized carbons (Fsp3) is 0.133. The number of aliphatic hydroxyl groups is 1. The molecule has 1 unspecified atom stereocenters. The lowest BCUT2D eigenvalue weighted by Crippen LogP contribution is -2.13. The molecule has 0 saturated heterocycles. The molecule has 1 atom stereocenters. The fourth-order valence-electron chi connectivity index (χ4n) is 1.77. The van der Waals surface area contributed by atoms with Crippen LogP contribution in [0.1, 0.15) is 17.2 Å². The highest BCUT2D eigenvalue weighted by Gasteiger charge is 2.11. The van der Waals surface area contributed by atoms with Crippen molar-refractivity contribution in [2.75, 3.05) is 11.9 Å². The molecule has 2 aromatic rings. The lowest BCUT2D eigenvalue weighted by molar-refractivity contribution is 0.191. The SMILES string of the molecule is N#Cc1ccc(NCC(O)c2ccc(Cl)c(F)c2)c(F)c1. The van der Waals surface area contributed by atoms with E-state index in [-0.39, 0.29) is 22.8 Å². The average Bonchev–Trinajstić information content (AvgIpc) is 2.48. The number of hydrogen-bond acceptors (Lipinski definition) is 3. The van der Waals surface area contributed by atoms with Crippen LogP contribution in [0, 0.1) is 23.0 Å². The van der Waals surface area contributed by atoms with Gasteiger partial charge in [-0.1, -0.05) is 17.7 Å². The molecule has 21 heavy (non-hydrogen) atoms. The molecule has 0 aliphatic rings. The van der Waals surface area contributed by atoms with E-state index in [1.807, 2.05) is 6.07 Å². The van der Waals surface area contributed by atoms with Gasteiger partial charge in [-0.15, -0.1) is 0 Å². The predicted molar refractivity (Wildman–Crippen MR) is 76.0 cm³/mol. The highest BCUT2D eigenvalue weighted by Crippen LogP contribution is 2.22. The number of nitriles is 1. The Morgan fingerprint density at radius 1 is 1.19 bits per heavy atom. The van der Waals surface area contributed by atoms with Gasteiger partial charge in [0.25, 0.3) is 0 Å². The second-order valence-corrected chi connectivity index (χ2v) is 4.78. The molecule has 0 aromatic heterocycles. The Morgan fingerprint density at radius 2 is 1.95 bits per heavy atom. The summed E-state index contributed by atoms with van der Waals surface area (Å²) in [6.07, 6.45) is -1.02. The highest BCUT2D eigenvalue weighted by atomic mass is 35.5. The van der Waals surface area contributed by atoms with E-state index in [0.717, 1.165) is 12.1 Å². The molecule has 3 nitrogen and oxygen atoms in total. The van der Waals surface area contributed by atoms with Gasteiger partial charge in [-0.2, -0.15) is 5.26 Å². The van der Waals surface area contributed by atoms with E-state index in [1.165, 1.54) is 24.3 Å². The fourth-order valence-corrected chi connectivity index (χ4v) is 1.89.